The lowest BCUT2D eigenvalue weighted by atomic mass is 10.0. The van der Waals surface area contributed by atoms with Crippen molar-refractivity contribution < 1.29 is 19.8 Å². The number of anilines is 1. The first-order chi connectivity index (χ1) is 16.1. The van der Waals surface area contributed by atoms with Crippen LogP contribution >= 0.6 is 24.0 Å². The maximum absolute atomic E-state index is 12.9. The molecule has 34 heavy (non-hydrogen) atoms. The number of carbonyl (C=O) groups excluding carboxylic acids is 1. The van der Waals surface area contributed by atoms with Crippen LogP contribution in [0.15, 0.2) is 57.6 Å². The summed E-state index contributed by atoms with van der Waals surface area (Å²) in [5.41, 5.74) is 2.79. The van der Waals surface area contributed by atoms with Crippen molar-refractivity contribution >= 4 is 63.9 Å². The SMILES string of the molecule is CC1=NN(c2ccc(C)c(C)c2)CC1(O)C=NN1C(=O)C(=Cc2cccc(C(=O)O)c2)SC1=S. The molecule has 10 heteroatoms. The topological polar surface area (TPSA) is 106 Å². The molecule has 2 heterocycles. The molecule has 8 nitrogen and oxygen atoms in total. The van der Waals surface area contributed by atoms with E-state index in [1.54, 1.807) is 30.1 Å². The van der Waals surface area contributed by atoms with Crippen LogP contribution in [0.4, 0.5) is 5.69 Å². The Morgan fingerprint density at radius 2 is 1.97 bits per heavy atom. The van der Waals surface area contributed by atoms with Crippen molar-refractivity contribution in [3.8, 4) is 0 Å². The number of aliphatic hydroxyl groups is 1. The van der Waals surface area contributed by atoms with Crippen molar-refractivity contribution in [2.75, 3.05) is 11.6 Å². The Kier molecular flexibility index (Phi) is 6.39. The molecule has 1 saturated heterocycles. The molecule has 2 N–H and O–H groups in total. The van der Waals surface area contributed by atoms with E-state index in [-0.39, 0.29) is 16.4 Å². The number of thioether (sulfide) groups is 1. The monoisotopic (exact) mass is 494 g/mol. The Balaban J connectivity index is 1.52. The summed E-state index contributed by atoms with van der Waals surface area (Å²) in [6.07, 6.45) is 2.85. The van der Waals surface area contributed by atoms with Gasteiger partial charge in [0.15, 0.2) is 9.92 Å². The van der Waals surface area contributed by atoms with Gasteiger partial charge in [-0.05, 0) is 80.0 Å². The van der Waals surface area contributed by atoms with Gasteiger partial charge in [-0.1, -0.05) is 30.0 Å². The maximum Gasteiger partial charge on any atom is 0.335 e. The fourth-order valence-corrected chi connectivity index (χ4v) is 4.61. The van der Waals surface area contributed by atoms with E-state index in [1.807, 2.05) is 32.0 Å². The summed E-state index contributed by atoms with van der Waals surface area (Å²) >= 11 is 6.37. The largest absolute Gasteiger partial charge is 0.478 e. The first-order valence-corrected chi connectivity index (χ1v) is 11.6. The van der Waals surface area contributed by atoms with E-state index in [2.05, 4.69) is 10.2 Å². The van der Waals surface area contributed by atoms with Gasteiger partial charge in [0.05, 0.1) is 34.6 Å². The average molecular weight is 495 g/mol. The summed E-state index contributed by atoms with van der Waals surface area (Å²) in [6, 6.07) is 12.2. The number of rotatable bonds is 5. The standard InChI is InChI=1S/C24H22N4O4S2/c1-14-7-8-19(9-15(14)2)27-13-24(32,16(3)26-27)12-25-28-21(29)20(34-23(28)33)11-17-5-4-6-18(10-17)22(30)31/h4-12,32H,13H2,1-3H3,(H,30,31). The second kappa shape index (κ2) is 9.13. The highest BCUT2D eigenvalue weighted by molar-refractivity contribution is 8.26. The molecule has 174 valence electrons. The summed E-state index contributed by atoms with van der Waals surface area (Å²) in [6.45, 7) is 5.89. The molecular weight excluding hydrogens is 472 g/mol. The van der Waals surface area contributed by atoms with Gasteiger partial charge in [0.1, 0.15) is 0 Å². The van der Waals surface area contributed by atoms with E-state index in [1.165, 1.54) is 18.3 Å². The zero-order chi connectivity index (χ0) is 24.6. The highest BCUT2D eigenvalue weighted by Gasteiger charge is 2.39. The fraction of sp³-hybridized carbons (Fsp3) is 0.208. The van der Waals surface area contributed by atoms with Crippen molar-refractivity contribution in [1.29, 1.82) is 0 Å². The van der Waals surface area contributed by atoms with Gasteiger partial charge < -0.3 is 10.2 Å². The average Bonchev–Trinajstić information content (AvgIpc) is 3.23. The van der Waals surface area contributed by atoms with Gasteiger partial charge in [0, 0.05) is 0 Å². The van der Waals surface area contributed by atoms with Crippen molar-refractivity contribution in [3.05, 3.63) is 69.6 Å². The summed E-state index contributed by atoms with van der Waals surface area (Å²) in [5.74, 6) is -1.50. The van der Waals surface area contributed by atoms with Crippen LogP contribution in [0.2, 0.25) is 0 Å². The number of thiocarbonyl (C=S) groups is 1. The van der Waals surface area contributed by atoms with E-state index < -0.39 is 17.5 Å². The van der Waals surface area contributed by atoms with Gasteiger partial charge in [-0.2, -0.15) is 15.2 Å². The summed E-state index contributed by atoms with van der Waals surface area (Å²) < 4.78 is 0.212. The molecule has 0 bridgehead atoms. The molecule has 0 aromatic heterocycles. The number of hydrazone groups is 2. The molecule has 0 aliphatic carbocycles. The zero-order valence-electron chi connectivity index (χ0n) is 18.7. The fourth-order valence-electron chi connectivity index (χ4n) is 3.44. The minimum atomic E-state index is -1.47. The molecule has 4 rings (SSSR count). The molecule has 2 aliphatic rings. The van der Waals surface area contributed by atoms with E-state index in [0.717, 1.165) is 33.6 Å². The zero-order valence-corrected chi connectivity index (χ0v) is 20.4. The van der Waals surface area contributed by atoms with Gasteiger partial charge in [-0.15, -0.1) is 0 Å². The number of carbonyl (C=O) groups is 2. The molecule has 0 radical (unpaired) electrons. The van der Waals surface area contributed by atoms with Crippen LogP contribution in [0, 0.1) is 13.8 Å². The highest BCUT2D eigenvalue weighted by Crippen LogP contribution is 2.33. The summed E-state index contributed by atoms with van der Waals surface area (Å²) in [7, 11) is 0. The summed E-state index contributed by atoms with van der Waals surface area (Å²) in [5, 5.41) is 31.7. The van der Waals surface area contributed by atoms with Crippen LogP contribution in [0.3, 0.4) is 0 Å². The number of hydrogen-bond acceptors (Lipinski definition) is 8. The van der Waals surface area contributed by atoms with Crippen molar-refractivity contribution in [2.45, 2.75) is 26.4 Å². The van der Waals surface area contributed by atoms with Crippen molar-refractivity contribution in [3.63, 3.8) is 0 Å². The molecular formula is C24H22N4O4S2. The second-order valence-electron chi connectivity index (χ2n) is 8.10. The molecule has 1 fully saturated rings. The number of carboxylic acid groups (broad SMARTS) is 1. The lowest BCUT2D eigenvalue weighted by molar-refractivity contribution is -0.122. The van der Waals surface area contributed by atoms with E-state index in [9.17, 15) is 14.7 Å². The number of amides is 1. The third-order valence-electron chi connectivity index (χ3n) is 5.67. The molecule has 2 aliphatic heterocycles. The summed E-state index contributed by atoms with van der Waals surface area (Å²) in [4.78, 5) is 24.4. The predicted molar refractivity (Wildman–Crippen MR) is 138 cm³/mol. The van der Waals surface area contributed by atoms with Crippen molar-refractivity contribution in [2.24, 2.45) is 10.2 Å². The number of aryl methyl sites for hydroxylation is 2. The van der Waals surface area contributed by atoms with Crippen LogP contribution < -0.4 is 5.01 Å². The molecule has 2 aromatic rings. The van der Waals surface area contributed by atoms with Gasteiger partial charge in [0.2, 0.25) is 0 Å². The molecule has 0 spiro atoms. The maximum atomic E-state index is 12.9. The van der Waals surface area contributed by atoms with Crippen LogP contribution in [-0.4, -0.2) is 55.5 Å². The normalized spacial score (nSPS) is 21.8. The Hall–Kier alpha value is -3.34. The van der Waals surface area contributed by atoms with Crippen LogP contribution in [0.5, 0.6) is 0 Å². The molecule has 2 aromatic carbocycles. The number of carboxylic acids is 1. The Morgan fingerprint density at radius 3 is 2.68 bits per heavy atom. The minimum absolute atomic E-state index is 0.119. The van der Waals surface area contributed by atoms with Gasteiger partial charge in [-0.3, -0.25) is 9.80 Å². The van der Waals surface area contributed by atoms with Gasteiger partial charge in [0.25, 0.3) is 5.91 Å². The Morgan fingerprint density at radius 1 is 1.21 bits per heavy atom. The van der Waals surface area contributed by atoms with Gasteiger partial charge in [-0.25, -0.2) is 4.79 Å². The number of hydrogen-bond donors (Lipinski definition) is 2. The first kappa shape index (κ1) is 23.8. The lowest BCUT2D eigenvalue weighted by Crippen LogP contribution is -2.43. The highest BCUT2D eigenvalue weighted by atomic mass is 32.2. The second-order valence-corrected chi connectivity index (χ2v) is 9.78. The van der Waals surface area contributed by atoms with E-state index in [0.29, 0.717) is 16.2 Å². The van der Waals surface area contributed by atoms with Crippen LogP contribution in [-0.2, 0) is 4.79 Å². The smallest absolute Gasteiger partial charge is 0.335 e. The number of β-amino-alcohol motifs (C(OH)–C–C–N with tert-alkyl or cyclic N) is 1. The molecule has 1 atom stereocenters. The van der Waals surface area contributed by atoms with E-state index in [4.69, 9.17) is 17.3 Å². The first-order valence-electron chi connectivity index (χ1n) is 10.4. The third kappa shape index (κ3) is 4.65. The quantitative estimate of drug-likeness (QED) is 0.370. The van der Waals surface area contributed by atoms with Crippen LogP contribution in [0.25, 0.3) is 6.08 Å². The predicted octanol–water partition coefficient (Wildman–Crippen LogP) is 3.82. The van der Waals surface area contributed by atoms with E-state index >= 15 is 0 Å². The van der Waals surface area contributed by atoms with Crippen molar-refractivity contribution in [1.82, 2.24) is 5.01 Å². The minimum Gasteiger partial charge on any atom is -0.478 e. The molecule has 0 saturated carbocycles. The van der Waals surface area contributed by atoms with Crippen LogP contribution in [0.1, 0.15) is 34.0 Å². The lowest BCUT2D eigenvalue weighted by Gasteiger charge is -2.21. The number of aromatic carboxylic acids is 1. The number of benzene rings is 2. The van der Waals surface area contributed by atoms with Gasteiger partial charge >= 0.3 is 5.97 Å². The Labute approximate surface area is 206 Å². The molecule has 1 amide bonds. The third-order valence-corrected chi connectivity index (χ3v) is 6.95. The molecule has 1 unspecified atom stereocenters. The number of nitrogens with zero attached hydrogens (tertiary/aromatic N) is 4. The Bertz CT molecular complexity index is 1300.